The number of nitrogens with zero attached hydrogens (tertiary/aromatic N) is 4. The van der Waals surface area contributed by atoms with Crippen LogP contribution >= 0.6 is 0 Å². The molecular formula is C12H11N5O. The van der Waals surface area contributed by atoms with Gasteiger partial charge in [0.15, 0.2) is 5.65 Å². The van der Waals surface area contributed by atoms with E-state index >= 15 is 0 Å². The molecule has 1 N–H and O–H groups in total. The lowest BCUT2D eigenvalue weighted by Crippen LogP contribution is -2.26. The third kappa shape index (κ3) is 1.64. The Hall–Kier alpha value is -2.63. The van der Waals surface area contributed by atoms with E-state index in [4.69, 9.17) is 0 Å². The van der Waals surface area contributed by atoms with E-state index in [1.165, 1.54) is 17.2 Å². The van der Waals surface area contributed by atoms with Gasteiger partial charge in [-0.2, -0.15) is 5.10 Å². The van der Waals surface area contributed by atoms with Crippen LogP contribution in [0.2, 0.25) is 0 Å². The van der Waals surface area contributed by atoms with Gasteiger partial charge in [0.2, 0.25) is 0 Å². The van der Waals surface area contributed by atoms with Gasteiger partial charge in [-0.3, -0.25) is 14.9 Å². The van der Waals surface area contributed by atoms with Gasteiger partial charge in [0.1, 0.15) is 11.7 Å². The molecule has 1 aromatic carbocycles. The Morgan fingerprint density at radius 3 is 2.78 bits per heavy atom. The summed E-state index contributed by atoms with van der Waals surface area (Å²) in [6.45, 7) is 0. The van der Waals surface area contributed by atoms with Crippen LogP contribution in [-0.4, -0.2) is 19.4 Å². The molecule has 0 aliphatic carbocycles. The predicted octanol–water partition coefficient (Wildman–Crippen LogP) is 1.01. The molecule has 0 saturated carbocycles. The Labute approximate surface area is 102 Å². The number of rotatable bonds is 2. The number of nitrogens with one attached hydrogen (secondary N) is 1. The van der Waals surface area contributed by atoms with Crippen LogP contribution in [0.4, 0.5) is 5.69 Å². The molecule has 3 rings (SSSR count). The van der Waals surface area contributed by atoms with Crippen LogP contribution in [0, 0.1) is 0 Å². The molecule has 0 spiro atoms. The number of hydrogen-bond acceptors (Lipinski definition) is 4. The topological polar surface area (TPSA) is 64.7 Å². The van der Waals surface area contributed by atoms with Crippen LogP contribution in [0.25, 0.3) is 11.0 Å². The summed E-state index contributed by atoms with van der Waals surface area (Å²) < 4.78 is 2.92. The van der Waals surface area contributed by atoms with Crippen LogP contribution in [0.1, 0.15) is 0 Å². The van der Waals surface area contributed by atoms with E-state index in [1.807, 2.05) is 30.3 Å². The number of fused-ring (bicyclic) bond motifs is 1. The third-order valence-electron chi connectivity index (χ3n) is 2.68. The first-order valence-electron chi connectivity index (χ1n) is 5.47. The fourth-order valence-electron chi connectivity index (χ4n) is 1.76. The zero-order chi connectivity index (χ0) is 12.5. The normalized spacial score (nSPS) is 10.7. The average Bonchev–Trinajstić information content (AvgIpc) is 2.77. The summed E-state index contributed by atoms with van der Waals surface area (Å²) in [5.74, 6) is 0. The van der Waals surface area contributed by atoms with Crippen molar-refractivity contribution in [2.75, 3.05) is 5.43 Å². The van der Waals surface area contributed by atoms with E-state index in [2.05, 4.69) is 15.5 Å². The second kappa shape index (κ2) is 3.99. The number of aromatic nitrogens is 4. The molecule has 0 aliphatic heterocycles. The zero-order valence-electron chi connectivity index (χ0n) is 9.74. The second-order valence-corrected chi connectivity index (χ2v) is 3.90. The molecular weight excluding hydrogens is 230 g/mol. The molecule has 6 nitrogen and oxygen atoms in total. The van der Waals surface area contributed by atoms with E-state index in [0.29, 0.717) is 11.0 Å². The predicted molar refractivity (Wildman–Crippen MR) is 68.2 cm³/mol. The lowest BCUT2D eigenvalue weighted by Gasteiger charge is -2.08. The SMILES string of the molecule is Cn1ncc2c(=O)n(Nc3ccccc3)cnc21. The number of benzene rings is 1. The largest absolute Gasteiger partial charge is 0.290 e. The van der Waals surface area contributed by atoms with Crippen molar-refractivity contribution in [3.05, 3.63) is 53.2 Å². The summed E-state index contributed by atoms with van der Waals surface area (Å²) in [7, 11) is 1.75. The Morgan fingerprint density at radius 2 is 2.00 bits per heavy atom. The molecule has 0 fully saturated rings. The minimum Gasteiger partial charge on any atom is -0.290 e. The average molecular weight is 241 g/mol. The van der Waals surface area contributed by atoms with Crippen LogP contribution in [-0.2, 0) is 7.05 Å². The molecule has 0 aliphatic rings. The first kappa shape index (κ1) is 10.5. The van der Waals surface area contributed by atoms with Crippen LogP contribution in [0.15, 0.2) is 47.7 Å². The van der Waals surface area contributed by atoms with Gasteiger partial charge in [0.05, 0.1) is 11.9 Å². The molecule has 2 heterocycles. The zero-order valence-corrected chi connectivity index (χ0v) is 9.74. The highest BCUT2D eigenvalue weighted by Gasteiger charge is 2.07. The van der Waals surface area contributed by atoms with E-state index in [0.717, 1.165) is 5.69 Å². The van der Waals surface area contributed by atoms with Gasteiger partial charge in [-0.15, -0.1) is 0 Å². The maximum absolute atomic E-state index is 12.2. The molecule has 0 saturated heterocycles. The molecule has 90 valence electrons. The van der Waals surface area contributed by atoms with Gasteiger partial charge in [0.25, 0.3) is 5.56 Å². The summed E-state index contributed by atoms with van der Waals surface area (Å²) in [6.07, 6.45) is 2.98. The molecule has 0 bridgehead atoms. The third-order valence-corrected chi connectivity index (χ3v) is 2.68. The van der Waals surface area contributed by atoms with Gasteiger partial charge in [-0.1, -0.05) is 18.2 Å². The number of para-hydroxylation sites is 1. The van der Waals surface area contributed by atoms with Crippen molar-refractivity contribution in [2.45, 2.75) is 0 Å². The van der Waals surface area contributed by atoms with Crippen LogP contribution in [0.5, 0.6) is 0 Å². The van der Waals surface area contributed by atoms with Crippen LogP contribution < -0.4 is 11.0 Å². The monoisotopic (exact) mass is 241 g/mol. The van der Waals surface area contributed by atoms with Gasteiger partial charge >= 0.3 is 0 Å². The highest BCUT2D eigenvalue weighted by molar-refractivity contribution is 5.72. The first-order chi connectivity index (χ1) is 8.75. The Kier molecular flexibility index (Phi) is 2.33. The second-order valence-electron chi connectivity index (χ2n) is 3.90. The van der Waals surface area contributed by atoms with Crippen molar-refractivity contribution in [1.29, 1.82) is 0 Å². The van der Waals surface area contributed by atoms with Gasteiger partial charge in [0, 0.05) is 7.05 Å². The quantitative estimate of drug-likeness (QED) is 0.727. The Morgan fingerprint density at radius 1 is 1.22 bits per heavy atom. The molecule has 3 aromatic rings. The maximum Gasteiger partial charge on any atom is 0.283 e. The molecule has 0 atom stereocenters. The summed E-state index contributed by atoms with van der Waals surface area (Å²) in [4.78, 5) is 16.4. The summed E-state index contributed by atoms with van der Waals surface area (Å²) in [5.41, 5.74) is 4.21. The minimum absolute atomic E-state index is 0.169. The van der Waals surface area contributed by atoms with Crippen molar-refractivity contribution < 1.29 is 0 Å². The Balaban J connectivity index is 2.08. The maximum atomic E-state index is 12.2. The molecule has 18 heavy (non-hydrogen) atoms. The molecule has 0 unspecified atom stereocenters. The number of aryl methyl sites for hydroxylation is 1. The fraction of sp³-hybridized carbons (Fsp3) is 0.0833. The van der Waals surface area contributed by atoms with E-state index in [-0.39, 0.29) is 5.56 Å². The van der Waals surface area contributed by atoms with Crippen molar-refractivity contribution >= 4 is 16.7 Å². The molecule has 2 aromatic heterocycles. The molecule has 6 heteroatoms. The highest BCUT2D eigenvalue weighted by atomic mass is 16.1. The van der Waals surface area contributed by atoms with E-state index in [1.54, 1.807) is 11.7 Å². The molecule has 0 radical (unpaired) electrons. The lowest BCUT2D eigenvalue weighted by molar-refractivity contribution is 0.779. The highest BCUT2D eigenvalue weighted by Crippen LogP contribution is 2.06. The van der Waals surface area contributed by atoms with Crippen molar-refractivity contribution in [3.8, 4) is 0 Å². The van der Waals surface area contributed by atoms with Gasteiger partial charge in [-0.05, 0) is 12.1 Å². The van der Waals surface area contributed by atoms with Crippen molar-refractivity contribution in [1.82, 2.24) is 19.4 Å². The van der Waals surface area contributed by atoms with Crippen LogP contribution in [0.3, 0.4) is 0 Å². The first-order valence-corrected chi connectivity index (χ1v) is 5.47. The van der Waals surface area contributed by atoms with Gasteiger partial charge in [-0.25, -0.2) is 9.66 Å². The summed E-state index contributed by atoms with van der Waals surface area (Å²) >= 11 is 0. The van der Waals surface area contributed by atoms with E-state index < -0.39 is 0 Å². The molecule has 0 amide bonds. The standard InChI is InChI=1S/C12H11N5O/c1-16-11-10(7-14-16)12(18)17(8-13-11)15-9-5-3-2-4-6-9/h2-8,15H,1H3. The number of anilines is 1. The van der Waals surface area contributed by atoms with Gasteiger partial charge < -0.3 is 0 Å². The van der Waals surface area contributed by atoms with Crippen molar-refractivity contribution in [3.63, 3.8) is 0 Å². The summed E-state index contributed by atoms with van der Waals surface area (Å²) in [5, 5.41) is 4.51. The number of hydrogen-bond donors (Lipinski definition) is 1. The van der Waals surface area contributed by atoms with Crippen molar-refractivity contribution in [2.24, 2.45) is 7.05 Å². The smallest absolute Gasteiger partial charge is 0.283 e. The van der Waals surface area contributed by atoms with E-state index in [9.17, 15) is 4.79 Å². The Bertz CT molecular complexity index is 744. The summed E-state index contributed by atoms with van der Waals surface area (Å²) in [6, 6.07) is 9.45. The minimum atomic E-state index is -0.169. The lowest BCUT2D eigenvalue weighted by atomic mass is 10.3. The fourth-order valence-corrected chi connectivity index (χ4v) is 1.76.